The summed E-state index contributed by atoms with van der Waals surface area (Å²) in [4.78, 5) is 8.55. The molecule has 1 aromatic carbocycles. The number of thiazole rings is 1. The lowest BCUT2D eigenvalue weighted by Crippen LogP contribution is -1.99. The Labute approximate surface area is 141 Å². The van der Waals surface area contributed by atoms with Gasteiger partial charge in [0.1, 0.15) is 0 Å². The molecule has 4 nitrogen and oxygen atoms in total. The van der Waals surface area contributed by atoms with Crippen molar-refractivity contribution in [2.75, 3.05) is 5.43 Å². The lowest BCUT2D eigenvalue weighted by atomic mass is 10.2. The average molecular weight is 373 g/mol. The Morgan fingerprint density at radius 2 is 2.05 bits per heavy atom. The molecule has 0 unspecified atom stereocenters. The van der Waals surface area contributed by atoms with Crippen molar-refractivity contribution in [2.24, 2.45) is 5.10 Å². The molecule has 0 spiro atoms. The van der Waals surface area contributed by atoms with Crippen LogP contribution in [0.4, 0.5) is 5.13 Å². The van der Waals surface area contributed by atoms with Crippen LogP contribution < -0.4 is 5.43 Å². The molecule has 0 fully saturated rings. The molecule has 3 rings (SSSR count). The van der Waals surface area contributed by atoms with Crippen LogP contribution in [-0.4, -0.2) is 15.7 Å². The van der Waals surface area contributed by atoms with Gasteiger partial charge in [0.15, 0.2) is 0 Å². The molecule has 2 heterocycles. The number of hydrazone groups is 1. The van der Waals surface area contributed by atoms with Crippen LogP contribution in [0.5, 0.6) is 0 Å². The van der Waals surface area contributed by atoms with Gasteiger partial charge >= 0.3 is 0 Å². The summed E-state index contributed by atoms with van der Waals surface area (Å²) in [5.41, 5.74) is 6.95. The Balaban J connectivity index is 1.75. The van der Waals surface area contributed by atoms with E-state index in [4.69, 9.17) is 0 Å². The zero-order valence-electron chi connectivity index (χ0n) is 11.8. The molecule has 0 aliphatic rings. The molecule has 0 aliphatic carbocycles. The molecule has 1 N–H and O–H groups in total. The van der Waals surface area contributed by atoms with Gasteiger partial charge in [-0.2, -0.15) is 5.10 Å². The molecule has 22 heavy (non-hydrogen) atoms. The second-order valence-corrected chi connectivity index (χ2v) is 6.37. The molecule has 2 aromatic heterocycles. The van der Waals surface area contributed by atoms with E-state index in [0.717, 1.165) is 32.1 Å². The Kier molecular flexibility index (Phi) is 4.60. The number of rotatable bonds is 4. The van der Waals surface area contributed by atoms with Crippen LogP contribution in [0.2, 0.25) is 0 Å². The summed E-state index contributed by atoms with van der Waals surface area (Å²) in [5.74, 6) is 0. The van der Waals surface area contributed by atoms with Crippen molar-refractivity contribution in [3.8, 4) is 11.3 Å². The lowest BCUT2D eigenvalue weighted by Gasteiger charge is -2.00. The average Bonchev–Trinajstić information content (AvgIpc) is 3.02. The third-order valence-electron chi connectivity index (χ3n) is 3.04. The molecule has 0 aliphatic heterocycles. The Bertz CT molecular complexity index is 799. The van der Waals surface area contributed by atoms with Gasteiger partial charge in [-0.05, 0) is 31.2 Å². The summed E-state index contributed by atoms with van der Waals surface area (Å²) in [6.07, 6.45) is 3.51. The van der Waals surface area contributed by atoms with Crippen molar-refractivity contribution in [3.63, 3.8) is 0 Å². The highest BCUT2D eigenvalue weighted by atomic mass is 79.9. The van der Waals surface area contributed by atoms with E-state index < -0.39 is 0 Å². The number of aromatic nitrogens is 2. The first-order valence-electron chi connectivity index (χ1n) is 6.64. The molecule has 0 bridgehead atoms. The monoisotopic (exact) mass is 372 g/mol. The fourth-order valence-corrected chi connectivity index (χ4v) is 2.96. The number of hydrogen-bond donors (Lipinski definition) is 1. The van der Waals surface area contributed by atoms with Crippen molar-refractivity contribution in [1.29, 1.82) is 0 Å². The molecule has 6 heteroatoms. The van der Waals surface area contributed by atoms with E-state index in [1.165, 1.54) is 11.3 Å². The summed E-state index contributed by atoms with van der Waals surface area (Å²) in [7, 11) is 0. The normalized spacial score (nSPS) is 11.5. The van der Waals surface area contributed by atoms with Crippen molar-refractivity contribution in [2.45, 2.75) is 6.92 Å². The fraction of sp³-hybridized carbons (Fsp3) is 0.0625. The fourth-order valence-electron chi connectivity index (χ4n) is 1.89. The highest BCUT2D eigenvalue weighted by Crippen LogP contribution is 2.26. The minimum absolute atomic E-state index is 0.767. The largest absolute Gasteiger partial charge is 0.265 e. The molecule has 0 radical (unpaired) electrons. The molecule has 110 valence electrons. The third kappa shape index (κ3) is 3.58. The van der Waals surface area contributed by atoms with Crippen molar-refractivity contribution in [1.82, 2.24) is 9.97 Å². The zero-order chi connectivity index (χ0) is 15.4. The van der Waals surface area contributed by atoms with Crippen molar-refractivity contribution in [3.05, 3.63) is 64.2 Å². The first-order valence-corrected chi connectivity index (χ1v) is 8.32. The van der Waals surface area contributed by atoms with Crippen molar-refractivity contribution >= 4 is 38.1 Å². The maximum atomic E-state index is 4.55. The Morgan fingerprint density at radius 1 is 1.23 bits per heavy atom. The smallest absolute Gasteiger partial charge is 0.203 e. The van der Waals surface area contributed by atoms with E-state index in [0.29, 0.717) is 0 Å². The number of nitrogens with zero attached hydrogens (tertiary/aromatic N) is 3. The van der Waals surface area contributed by atoms with E-state index in [2.05, 4.69) is 36.4 Å². The first-order chi connectivity index (χ1) is 10.7. The number of halogens is 1. The van der Waals surface area contributed by atoms with Gasteiger partial charge < -0.3 is 0 Å². The van der Waals surface area contributed by atoms with Crippen LogP contribution in [0, 0.1) is 0 Å². The predicted molar refractivity (Wildman–Crippen MR) is 95.3 cm³/mol. The van der Waals surface area contributed by atoms with Gasteiger partial charge in [0.2, 0.25) is 5.13 Å². The van der Waals surface area contributed by atoms with Crippen LogP contribution in [0.1, 0.15) is 12.5 Å². The van der Waals surface area contributed by atoms with Gasteiger partial charge in [0.05, 0.1) is 11.4 Å². The van der Waals surface area contributed by atoms with E-state index >= 15 is 0 Å². The van der Waals surface area contributed by atoms with Gasteiger partial charge in [-0.3, -0.25) is 10.4 Å². The number of anilines is 1. The third-order valence-corrected chi connectivity index (χ3v) is 4.28. The summed E-state index contributed by atoms with van der Waals surface area (Å²) in [6, 6.07) is 11.9. The van der Waals surface area contributed by atoms with E-state index in [9.17, 15) is 0 Å². The SMILES string of the molecule is C/C(=N\Nc1nc(-c2cccc(Br)c2)cs1)c1ccncc1. The second kappa shape index (κ2) is 6.81. The first kappa shape index (κ1) is 14.9. The van der Waals surface area contributed by atoms with Crippen LogP contribution in [0.15, 0.2) is 63.7 Å². The summed E-state index contributed by atoms with van der Waals surface area (Å²) < 4.78 is 1.04. The van der Waals surface area contributed by atoms with Gasteiger partial charge in [-0.25, -0.2) is 4.98 Å². The van der Waals surface area contributed by atoms with E-state index in [-0.39, 0.29) is 0 Å². The second-order valence-electron chi connectivity index (χ2n) is 4.59. The maximum Gasteiger partial charge on any atom is 0.203 e. The van der Waals surface area contributed by atoms with Gasteiger partial charge in [0.25, 0.3) is 0 Å². The van der Waals surface area contributed by atoms with Crippen molar-refractivity contribution < 1.29 is 0 Å². The quantitative estimate of drug-likeness (QED) is 0.528. The maximum absolute atomic E-state index is 4.55. The standard InChI is InChI=1S/C16H13BrN4S/c1-11(12-5-7-18-8-6-12)20-21-16-19-15(10-22-16)13-3-2-4-14(17)9-13/h2-10H,1H3,(H,19,21)/b20-11+. The summed E-state index contributed by atoms with van der Waals surface area (Å²) in [6.45, 7) is 1.95. The van der Waals surface area contributed by atoms with Crippen LogP contribution in [0.3, 0.4) is 0 Å². The van der Waals surface area contributed by atoms with Gasteiger partial charge in [-0.15, -0.1) is 11.3 Å². The van der Waals surface area contributed by atoms with Crippen LogP contribution in [0.25, 0.3) is 11.3 Å². The highest BCUT2D eigenvalue weighted by Gasteiger charge is 2.04. The molecule has 3 aromatic rings. The number of hydrogen-bond acceptors (Lipinski definition) is 5. The minimum atomic E-state index is 0.767. The number of pyridine rings is 1. The predicted octanol–water partition coefficient (Wildman–Crippen LogP) is 4.80. The lowest BCUT2D eigenvalue weighted by molar-refractivity contribution is 1.26. The molecule has 0 amide bonds. The molecule has 0 saturated heterocycles. The Morgan fingerprint density at radius 3 is 2.82 bits per heavy atom. The number of benzene rings is 1. The Hall–Kier alpha value is -2.05. The van der Waals surface area contributed by atoms with Crippen LogP contribution in [-0.2, 0) is 0 Å². The molecule has 0 saturated carbocycles. The minimum Gasteiger partial charge on any atom is -0.265 e. The van der Waals surface area contributed by atoms with Gasteiger partial charge in [0, 0.05) is 33.4 Å². The van der Waals surface area contributed by atoms with Crippen LogP contribution >= 0.6 is 27.3 Å². The molecular weight excluding hydrogens is 360 g/mol. The molecule has 0 atom stereocenters. The topological polar surface area (TPSA) is 50.2 Å². The van der Waals surface area contributed by atoms with E-state index in [1.54, 1.807) is 12.4 Å². The summed E-state index contributed by atoms with van der Waals surface area (Å²) >= 11 is 5.01. The highest BCUT2D eigenvalue weighted by molar-refractivity contribution is 9.10. The molecular formula is C16H13BrN4S. The number of nitrogens with one attached hydrogen (secondary N) is 1. The van der Waals surface area contributed by atoms with Gasteiger partial charge in [-0.1, -0.05) is 28.1 Å². The zero-order valence-corrected chi connectivity index (χ0v) is 14.2. The summed E-state index contributed by atoms with van der Waals surface area (Å²) in [5, 5.41) is 7.15. The van der Waals surface area contributed by atoms with E-state index in [1.807, 2.05) is 48.7 Å².